The summed E-state index contributed by atoms with van der Waals surface area (Å²) in [6, 6.07) is -0.468. The maximum atomic E-state index is 10.9. The lowest BCUT2D eigenvalue weighted by molar-refractivity contribution is -0.139. The van der Waals surface area contributed by atoms with E-state index in [0.717, 1.165) is 17.7 Å². The third-order valence-corrected chi connectivity index (χ3v) is 2.75. The smallest absolute Gasteiger partial charge is 0.320 e. The first-order valence-electron chi connectivity index (χ1n) is 5.50. The van der Waals surface area contributed by atoms with Crippen molar-refractivity contribution in [1.82, 2.24) is 15.1 Å². The van der Waals surface area contributed by atoms with Crippen molar-refractivity contribution in [2.24, 2.45) is 7.05 Å². The van der Waals surface area contributed by atoms with E-state index in [-0.39, 0.29) is 0 Å². The van der Waals surface area contributed by atoms with Crippen LogP contribution < -0.4 is 5.32 Å². The van der Waals surface area contributed by atoms with Gasteiger partial charge in [0.05, 0.1) is 6.20 Å². The molecule has 1 atom stereocenters. The minimum Gasteiger partial charge on any atom is -0.480 e. The van der Waals surface area contributed by atoms with E-state index in [9.17, 15) is 4.79 Å². The van der Waals surface area contributed by atoms with E-state index >= 15 is 0 Å². The van der Waals surface area contributed by atoms with Crippen LogP contribution in [0.2, 0.25) is 0 Å². The van der Waals surface area contributed by atoms with E-state index in [0.29, 0.717) is 13.0 Å². The molecule has 0 aliphatic carbocycles. The Labute approximate surface area is 95.5 Å². The van der Waals surface area contributed by atoms with Gasteiger partial charge in [0.2, 0.25) is 0 Å². The Morgan fingerprint density at radius 3 is 2.81 bits per heavy atom. The topological polar surface area (TPSA) is 67.2 Å². The van der Waals surface area contributed by atoms with E-state index < -0.39 is 12.0 Å². The highest BCUT2D eigenvalue weighted by atomic mass is 16.4. The molecule has 0 saturated carbocycles. The number of hydrogen-bond donors (Lipinski definition) is 2. The summed E-state index contributed by atoms with van der Waals surface area (Å²) in [7, 11) is 1.87. The van der Waals surface area contributed by atoms with Gasteiger partial charge in [-0.1, -0.05) is 13.3 Å². The molecule has 1 aromatic heterocycles. The van der Waals surface area contributed by atoms with Gasteiger partial charge in [-0.25, -0.2) is 0 Å². The molecule has 0 saturated heterocycles. The molecule has 1 heterocycles. The highest BCUT2D eigenvalue weighted by Crippen LogP contribution is 2.06. The van der Waals surface area contributed by atoms with E-state index in [4.69, 9.17) is 5.11 Å². The molecule has 0 aliphatic heterocycles. The fourth-order valence-corrected chi connectivity index (χ4v) is 1.55. The summed E-state index contributed by atoms with van der Waals surface area (Å²) < 4.78 is 1.78. The van der Waals surface area contributed by atoms with E-state index in [1.165, 1.54) is 0 Å². The minimum absolute atomic E-state index is 0.468. The second kappa shape index (κ2) is 5.65. The van der Waals surface area contributed by atoms with Crippen molar-refractivity contribution >= 4 is 5.97 Å². The molecule has 0 bridgehead atoms. The van der Waals surface area contributed by atoms with Crippen LogP contribution in [0, 0.1) is 6.92 Å². The molecule has 0 radical (unpaired) electrons. The summed E-state index contributed by atoms with van der Waals surface area (Å²) in [6.07, 6.45) is 3.28. The summed E-state index contributed by atoms with van der Waals surface area (Å²) in [5.74, 6) is -0.789. The van der Waals surface area contributed by atoms with Crippen molar-refractivity contribution in [2.45, 2.75) is 39.3 Å². The number of carboxylic acids is 1. The summed E-state index contributed by atoms with van der Waals surface area (Å²) in [6.45, 7) is 4.50. The lowest BCUT2D eigenvalue weighted by Crippen LogP contribution is -2.36. The number of aryl methyl sites for hydroxylation is 1. The first-order chi connectivity index (χ1) is 7.56. The largest absolute Gasteiger partial charge is 0.480 e. The van der Waals surface area contributed by atoms with Crippen molar-refractivity contribution in [3.8, 4) is 0 Å². The Morgan fingerprint density at radius 2 is 2.38 bits per heavy atom. The summed E-state index contributed by atoms with van der Waals surface area (Å²) in [5.41, 5.74) is 2.11. The normalized spacial score (nSPS) is 12.7. The molecule has 0 amide bonds. The van der Waals surface area contributed by atoms with Crippen molar-refractivity contribution in [1.29, 1.82) is 0 Å². The monoisotopic (exact) mass is 225 g/mol. The summed E-state index contributed by atoms with van der Waals surface area (Å²) >= 11 is 0. The van der Waals surface area contributed by atoms with Crippen molar-refractivity contribution in [3.05, 3.63) is 17.5 Å². The number of carbonyl (C=O) groups is 1. The number of hydrogen-bond acceptors (Lipinski definition) is 3. The van der Waals surface area contributed by atoms with E-state index in [2.05, 4.69) is 10.4 Å². The van der Waals surface area contributed by atoms with Crippen LogP contribution in [0.15, 0.2) is 6.20 Å². The summed E-state index contributed by atoms with van der Waals surface area (Å²) in [5, 5.41) is 16.1. The first kappa shape index (κ1) is 12.7. The molecule has 1 unspecified atom stereocenters. The van der Waals surface area contributed by atoms with Crippen LogP contribution in [0.25, 0.3) is 0 Å². The van der Waals surface area contributed by atoms with Crippen molar-refractivity contribution < 1.29 is 9.90 Å². The Bertz CT molecular complexity index is 360. The van der Waals surface area contributed by atoms with Gasteiger partial charge in [0.1, 0.15) is 6.04 Å². The Kier molecular flexibility index (Phi) is 4.49. The third-order valence-electron chi connectivity index (χ3n) is 2.75. The predicted molar refractivity (Wildman–Crippen MR) is 61.1 cm³/mol. The molecule has 5 nitrogen and oxygen atoms in total. The zero-order valence-corrected chi connectivity index (χ0v) is 10.0. The van der Waals surface area contributed by atoms with Gasteiger partial charge in [-0.15, -0.1) is 0 Å². The van der Waals surface area contributed by atoms with Gasteiger partial charge in [0, 0.05) is 24.8 Å². The predicted octanol–water partition coefficient (Wildman–Crippen LogP) is 1.07. The molecule has 90 valence electrons. The fraction of sp³-hybridized carbons (Fsp3) is 0.636. The van der Waals surface area contributed by atoms with Crippen LogP contribution in [0.5, 0.6) is 0 Å². The molecule has 2 N–H and O–H groups in total. The van der Waals surface area contributed by atoms with Gasteiger partial charge in [0.15, 0.2) is 0 Å². The van der Waals surface area contributed by atoms with Crippen molar-refractivity contribution in [3.63, 3.8) is 0 Å². The standard InChI is InChI=1S/C11H19N3O2/c1-4-5-10(11(15)16)12-6-9-7-13-14(3)8(9)2/h7,10,12H,4-6H2,1-3H3,(H,15,16). The molecule has 0 aromatic carbocycles. The number of nitrogens with one attached hydrogen (secondary N) is 1. The Morgan fingerprint density at radius 1 is 1.69 bits per heavy atom. The van der Waals surface area contributed by atoms with Gasteiger partial charge in [0.25, 0.3) is 0 Å². The lowest BCUT2D eigenvalue weighted by atomic mass is 10.1. The maximum absolute atomic E-state index is 10.9. The SMILES string of the molecule is CCCC(NCc1cnn(C)c1C)C(=O)O. The number of aliphatic carboxylic acids is 1. The molecule has 1 aromatic rings. The molecule has 16 heavy (non-hydrogen) atoms. The van der Waals surface area contributed by atoms with E-state index in [1.807, 2.05) is 20.9 Å². The maximum Gasteiger partial charge on any atom is 0.320 e. The lowest BCUT2D eigenvalue weighted by Gasteiger charge is -2.12. The zero-order valence-electron chi connectivity index (χ0n) is 10.0. The van der Waals surface area contributed by atoms with Crippen LogP contribution in [-0.2, 0) is 18.4 Å². The molecule has 0 aliphatic rings. The van der Waals surface area contributed by atoms with Gasteiger partial charge < -0.3 is 10.4 Å². The van der Waals surface area contributed by atoms with Gasteiger partial charge >= 0.3 is 5.97 Å². The van der Waals surface area contributed by atoms with Crippen LogP contribution in [-0.4, -0.2) is 26.9 Å². The fourth-order valence-electron chi connectivity index (χ4n) is 1.55. The quantitative estimate of drug-likeness (QED) is 0.760. The second-order valence-corrected chi connectivity index (χ2v) is 3.94. The number of rotatable bonds is 6. The number of carboxylic acid groups (broad SMARTS) is 1. The minimum atomic E-state index is -0.789. The van der Waals surface area contributed by atoms with Crippen LogP contribution in [0.3, 0.4) is 0 Å². The second-order valence-electron chi connectivity index (χ2n) is 3.94. The summed E-state index contributed by atoms with van der Waals surface area (Å²) in [4.78, 5) is 10.9. The molecular formula is C11H19N3O2. The van der Waals surface area contributed by atoms with Gasteiger partial charge in [-0.2, -0.15) is 5.10 Å². The van der Waals surface area contributed by atoms with Gasteiger partial charge in [-0.05, 0) is 13.3 Å². The van der Waals surface area contributed by atoms with Crippen LogP contribution in [0.4, 0.5) is 0 Å². The average Bonchev–Trinajstić information content (AvgIpc) is 2.55. The third kappa shape index (κ3) is 3.06. The number of aromatic nitrogens is 2. The molecule has 5 heteroatoms. The molecule has 0 spiro atoms. The van der Waals surface area contributed by atoms with Gasteiger partial charge in [-0.3, -0.25) is 9.48 Å². The molecule has 1 rings (SSSR count). The van der Waals surface area contributed by atoms with Crippen molar-refractivity contribution in [2.75, 3.05) is 0 Å². The van der Waals surface area contributed by atoms with Crippen LogP contribution >= 0.6 is 0 Å². The molecule has 0 fully saturated rings. The Balaban J connectivity index is 2.55. The van der Waals surface area contributed by atoms with E-state index in [1.54, 1.807) is 10.9 Å². The molecular weight excluding hydrogens is 206 g/mol. The zero-order chi connectivity index (χ0) is 12.1. The highest BCUT2D eigenvalue weighted by molar-refractivity contribution is 5.73. The highest BCUT2D eigenvalue weighted by Gasteiger charge is 2.16. The van der Waals surface area contributed by atoms with Crippen LogP contribution in [0.1, 0.15) is 31.0 Å². The first-order valence-corrected chi connectivity index (χ1v) is 5.50. The Hall–Kier alpha value is -1.36. The average molecular weight is 225 g/mol. The number of nitrogens with zero attached hydrogens (tertiary/aromatic N) is 2.